The van der Waals surface area contributed by atoms with Crippen LogP contribution in [0.15, 0.2) is 18.2 Å². The molecule has 1 fully saturated rings. The van der Waals surface area contributed by atoms with Gasteiger partial charge in [-0.2, -0.15) is 5.26 Å². The van der Waals surface area contributed by atoms with E-state index in [1.807, 2.05) is 0 Å². The first-order valence-electron chi connectivity index (χ1n) is 4.92. The third kappa shape index (κ3) is 1.89. The molecule has 0 aliphatic heterocycles. The van der Waals surface area contributed by atoms with Crippen LogP contribution in [0.3, 0.4) is 0 Å². The average Bonchev–Trinajstić information content (AvgIpc) is 2.65. The largest absolute Gasteiger partial charge is 0.300 e. The number of nitrogens with zero attached hydrogens (tertiary/aromatic N) is 1. The van der Waals surface area contributed by atoms with Gasteiger partial charge in [0.15, 0.2) is 0 Å². The number of benzene rings is 1. The SMILES string of the molecule is N#Cc1ccc([C@H]2CCC(=O)C2)cc1F. The minimum absolute atomic E-state index is 0.0584. The first kappa shape index (κ1) is 9.85. The van der Waals surface area contributed by atoms with Crippen LogP contribution in [0.2, 0.25) is 0 Å². The van der Waals surface area contributed by atoms with E-state index < -0.39 is 5.82 Å². The average molecular weight is 203 g/mol. The van der Waals surface area contributed by atoms with E-state index in [0.717, 1.165) is 12.0 Å². The Morgan fingerprint density at radius 1 is 1.47 bits per heavy atom. The molecule has 0 spiro atoms. The van der Waals surface area contributed by atoms with E-state index in [9.17, 15) is 9.18 Å². The van der Waals surface area contributed by atoms with E-state index in [2.05, 4.69) is 0 Å². The summed E-state index contributed by atoms with van der Waals surface area (Å²) in [7, 11) is 0. The maximum Gasteiger partial charge on any atom is 0.141 e. The second-order valence-electron chi connectivity index (χ2n) is 3.83. The van der Waals surface area contributed by atoms with Gasteiger partial charge in [-0.05, 0) is 30.0 Å². The summed E-state index contributed by atoms with van der Waals surface area (Å²) < 4.78 is 13.3. The Kier molecular flexibility index (Phi) is 2.51. The number of Topliss-reactive ketones (excluding diaryl/α,β-unsaturated/α-hetero) is 1. The predicted molar refractivity (Wildman–Crippen MR) is 52.7 cm³/mol. The Balaban J connectivity index is 2.27. The Labute approximate surface area is 87.3 Å². The maximum absolute atomic E-state index is 13.3. The number of hydrogen-bond donors (Lipinski definition) is 0. The molecule has 3 heteroatoms. The highest BCUT2D eigenvalue weighted by Gasteiger charge is 2.23. The third-order valence-corrected chi connectivity index (χ3v) is 2.83. The highest BCUT2D eigenvalue weighted by Crippen LogP contribution is 2.32. The fourth-order valence-electron chi connectivity index (χ4n) is 1.97. The fraction of sp³-hybridized carbons (Fsp3) is 0.333. The van der Waals surface area contributed by atoms with Gasteiger partial charge in [0, 0.05) is 12.8 Å². The Morgan fingerprint density at radius 3 is 2.80 bits per heavy atom. The number of carbonyl (C=O) groups is 1. The van der Waals surface area contributed by atoms with E-state index in [4.69, 9.17) is 5.26 Å². The third-order valence-electron chi connectivity index (χ3n) is 2.83. The Hall–Kier alpha value is -1.69. The lowest BCUT2D eigenvalue weighted by Crippen LogP contribution is -1.96. The molecule has 76 valence electrons. The maximum atomic E-state index is 13.3. The number of carbonyl (C=O) groups excluding carboxylic acids is 1. The lowest BCUT2D eigenvalue weighted by Gasteiger charge is -2.08. The molecule has 0 amide bonds. The molecule has 1 aromatic carbocycles. The molecule has 0 aromatic heterocycles. The van der Waals surface area contributed by atoms with Gasteiger partial charge in [0.2, 0.25) is 0 Å². The van der Waals surface area contributed by atoms with E-state index in [0.29, 0.717) is 12.8 Å². The van der Waals surface area contributed by atoms with Crippen LogP contribution in [0.1, 0.15) is 36.3 Å². The molecule has 1 aliphatic rings. The van der Waals surface area contributed by atoms with Crippen LogP contribution < -0.4 is 0 Å². The van der Waals surface area contributed by atoms with Crippen molar-refractivity contribution in [3.05, 3.63) is 35.1 Å². The minimum atomic E-state index is -0.491. The molecule has 0 unspecified atom stereocenters. The van der Waals surface area contributed by atoms with Gasteiger partial charge in [-0.25, -0.2) is 4.39 Å². The summed E-state index contributed by atoms with van der Waals surface area (Å²) in [4.78, 5) is 11.1. The van der Waals surface area contributed by atoms with E-state index >= 15 is 0 Å². The smallest absolute Gasteiger partial charge is 0.141 e. The van der Waals surface area contributed by atoms with Crippen molar-refractivity contribution in [3.8, 4) is 6.07 Å². The van der Waals surface area contributed by atoms with Gasteiger partial charge in [-0.3, -0.25) is 4.79 Å². The quantitative estimate of drug-likeness (QED) is 0.703. The second-order valence-corrected chi connectivity index (χ2v) is 3.83. The summed E-state index contributed by atoms with van der Waals surface area (Å²) in [6, 6.07) is 6.38. The summed E-state index contributed by atoms with van der Waals surface area (Å²) in [6.45, 7) is 0. The summed E-state index contributed by atoms with van der Waals surface area (Å²) in [5, 5.41) is 8.57. The molecular formula is C12H10FNO. The topological polar surface area (TPSA) is 40.9 Å². The van der Waals surface area contributed by atoms with Crippen LogP contribution in [0.4, 0.5) is 4.39 Å². The van der Waals surface area contributed by atoms with Crippen molar-refractivity contribution in [2.45, 2.75) is 25.2 Å². The molecule has 1 saturated carbocycles. The molecule has 15 heavy (non-hydrogen) atoms. The van der Waals surface area contributed by atoms with Crippen LogP contribution in [0.25, 0.3) is 0 Å². The van der Waals surface area contributed by atoms with Gasteiger partial charge >= 0.3 is 0 Å². The van der Waals surface area contributed by atoms with Crippen molar-refractivity contribution < 1.29 is 9.18 Å². The molecule has 1 aromatic rings. The lowest BCUT2D eigenvalue weighted by atomic mass is 9.96. The zero-order valence-corrected chi connectivity index (χ0v) is 8.16. The van der Waals surface area contributed by atoms with Crippen molar-refractivity contribution in [1.82, 2.24) is 0 Å². The molecule has 0 heterocycles. The van der Waals surface area contributed by atoms with Crippen molar-refractivity contribution >= 4 is 5.78 Å². The zero-order chi connectivity index (χ0) is 10.8. The van der Waals surface area contributed by atoms with Gasteiger partial charge in [-0.15, -0.1) is 0 Å². The summed E-state index contributed by atoms with van der Waals surface area (Å²) >= 11 is 0. The Bertz CT molecular complexity index is 447. The molecule has 0 bridgehead atoms. The molecule has 0 saturated heterocycles. The summed E-state index contributed by atoms with van der Waals surface area (Å²) in [5.41, 5.74) is 0.889. The normalized spacial score (nSPS) is 20.3. The van der Waals surface area contributed by atoms with Crippen LogP contribution in [-0.4, -0.2) is 5.78 Å². The molecule has 1 atom stereocenters. The van der Waals surface area contributed by atoms with Gasteiger partial charge in [0.1, 0.15) is 17.7 Å². The fourth-order valence-corrected chi connectivity index (χ4v) is 1.97. The minimum Gasteiger partial charge on any atom is -0.300 e. The van der Waals surface area contributed by atoms with Crippen LogP contribution in [-0.2, 0) is 4.79 Å². The number of rotatable bonds is 1. The highest BCUT2D eigenvalue weighted by molar-refractivity contribution is 5.81. The zero-order valence-electron chi connectivity index (χ0n) is 8.16. The number of hydrogen-bond acceptors (Lipinski definition) is 2. The molecule has 1 aliphatic carbocycles. The van der Waals surface area contributed by atoms with Crippen molar-refractivity contribution in [1.29, 1.82) is 5.26 Å². The Morgan fingerprint density at radius 2 is 2.27 bits per heavy atom. The van der Waals surface area contributed by atoms with Gasteiger partial charge in [0.05, 0.1) is 5.56 Å². The van der Waals surface area contributed by atoms with E-state index in [-0.39, 0.29) is 17.3 Å². The van der Waals surface area contributed by atoms with Gasteiger partial charge < -0.3 is 0 Å². The van der Waals surface area contributed by atoms with Crippen molar-refractivity contribution in [2.24, 2.45) is 0 Å². The number of halogens is 1. The monoisotopic (exact) mass is 203 g/mol. The van der Waals surface area contributed by atoms with Crippen LogP contribution in [0, 0.1) is 17.1 Å². The summed E-state index contributed by atoms with van der Waals surface area (Å²) in [6.07, 6.45) is 1.89. The lowest BCUT2D eigenvalue weighted by molar-refractivity contribution is -0.117. The first-order chi connectivity index (χ1) is 7.20. The van der Waals surface area contributed by atoms with Gasteiger partial charge in [-0.1, -0.05) is 6.07 Å². The molecule has 2 rings (SSSR count). The van der Waals surface area contributed by atoms with Gasteiger partial charge in [0.25, 0.3) is 0 Å². The summed E-state index contributed by atoms with van der Waals surface area (Å²) in [5.74, 6) is -0.112. The second kappa shape index (κ2) is 3.82. The first-order valence-corrected chi connectivity index (χ1v) is 4.92. The highest BCUT2D eigenvalue weighted by atomic mass is 19.1. The van der Waals surface area contributed by atoms with Crippen LogP contribution in [0.5, 0.6) is 0 Å². The molecular weight excluding hydrogens is 193 g/mol. The van der Waals surface area contributed by atoms with E-state index in [1.54, 1.807) is 12.1 Å². The van der Waals surface area contributed by atoms with Crippen LogP contribution >= 0.6 is 0 Å². The predicted octanol–water partition coefficient (Wildman–Crippen LogP) is 2.53. The number of ketones is 1. The molecule has 0 N–H and O–H groups in total. The number of nitriles is 1. The van der Waals surface area contributed by atoms with Crippen molar-refractivity contribution in [3.63, 3.8) is 0 Å². The molecule has 2 nitrogen and oxygen atoms in total. The van der Waals surface area contributed by atoms with Crippen molar-refractivity contribution in [2.75, 3.05) is 0 Å². The van der Waals surface area contributed by atoms with E-state index in [1.165, 1.54) is 12.1 Å². The molecule has 0 radical (unpaired) electrons. The standard InChI is InChI=1S/C12H10FNO/c13-12-6-9(1-2-10(12)7-14)8-3-4-11(15)5-8/h1-2,6,8H,3-5H2/t8-/m0/s1.